The van der Waals surface area contributed by atoms with E-state index < -0.39 is 11.6 Å². The molecule has 0 aliphatic heterocycles. The summed E-state index contributed by atoms with van der Waals surface area (Å²) in [7, 11) is 0. The molecular formula is C22H36FNO10. The lowest BCUT2D eigenvalue weighted by Crippen LogP contribution is -2.15. The molecule has 0 N–H and O–H groups in total. The third kappa shape index (κ3) is 18.5. The van der Waals surface area contributed by atoms with Gasteiger partial charge in [0.05, 0.1) is 97.4 Å². The highest BCUT2D eigenvalue weighted by Gasteiger charge is 2.04. The van der Waals surface area contributed by atoms with Gasteiger partial charge in [-0.1, -0.05) is 0 Å². The number of hydrogen-bond donors (Lipinski definition) is 0. The van der Waals surface area contributed by atoms with Gasteiger partial charge in [-0.05, 0) is 12.1 Å². The van der Waals surface area contributed by atoms with Crippen LogP contribution in [0.1, 0.15) is 0 Å². The van der Waals surface area contributed by atoms with Gasteiger partial charge in [0.1, 0.15) is 19.0 Å². The second-order valence-corrected chi connectivity index (χ2v) is 6.58. The Hall–Kier alpha value is -1.93. The third-order valence-corrected chi connectivity index (χ3v) is 4.00. The molecule has 12 heteroatoms. The Morgan fingerprint density at radius 3 is 1.21 bits per heavy atom. The summed E-state index contributed by atoms with van der Waals surface area (Å²) in [4.78, 5) is 10.1. The number of alkyl halides is 1. The molecule has 0 aromatic heterocycles. The maximum Gasteiger partial charge on any atom is 0.269 e. The molecule has 196 valence electrons. The zero-order valence-corrected chi connectivity index (χ0v) is 19.5. The molecule has 0 saturated heterocycles. The van der Waals surface area contributed by atoms with Gasteiger partial charge in [0, 0.05) is 12.1 Å². The zero-order chi connectivity index (χ0) is 24.5. The molecule has 0 aliphatic rings. The largest absolute Gasteiger partial charge is 0.491 e. The fourth-order valence-corrected chi connectivity index (χ4v) is 2.36. The molecule has 0 bridgehead atoms. The van der Waals surface area contributed by atoms with E-state index in [0.717, 1.165) is 0 Å². The van der Waals surface area contributed by atoms with Crippen LogP contribution in [0.15, 0.2) is 24.3 Å². The van der Waals surface area contributed by atoms with Crippen LogP contribution in [-0.4, -0.2) is 111 Å². The second-order valence-electron chi connectivity index (χ2n) is 6.58. The summed E-state index contributed by atoms with van der Waals surface area (Å²) >= 11 is 0. The first kappa shape index (κ1) is 30.1. The Labute approximate surface area is 199 Å². The lowest BCUT2D eigenvalue weighted by molar-refractivity contribution is -0.384. The quantitative estimate of drug-likeness (QED) is 0.114. The number of nitro benzene ring substituents is 1. The van der Waals surface area contributed by atoms with E-state index >= 15 is 0 Å². The highest BCUT2D eigenvalue weighted by molar-refractivity contribution is 5.35. The third-order valence-electron chi connectivity index (χ3n) is 4.00. The molecule has 1 aromatic carbocycles. The lowest BCUT2D eigenvalue weighted by Gasteiger charge is -2.09. The minimum atomic E-state index is -0.481. The maximum absolute atomic E-state index is 11.8. The fraction of sp³-hybridized carbons (Fsp3) is 0.727. The van der Waals surface area contributed by atoms with Crippen LogP contribution in [0.25, 0.3) is 0 Å². The van der Waals surface area contributed by atoms with Crippen molar-refractivity contribution in [3.63, 3.8) is 0 Å². The lowest BCUT2D eigenvalue weighted by atomic mass is 10.3. The van der Waals surface area contributed by atoms with Crippen molar-refractivity contribution in [2.45, 2.75) is 0 Å². The first-order chi connectivity index (χ1) is 16.7. The summed E-state index contributed by atoms with van der Waals surface area (Å²) in [6.45, 7) is 5.82. The smallest absolute Gasteiger partial charge is 0.269 e. The topological polar surface area (TPSA) is 117 Å². The second kappa shape index (κ2) is 22.8. The zero-order valence-electron chi connectivity index (χ0n) is 19.5. The summed E-state index contributed by atoms with van der Waals surface area (Å²) in [6.07, 6.45) is 0. The first-order valence-corrected chi connectivity index (χ1v) is 11.2. The predicted octanol–water partition coefficient (Wildman–Crippen LogP) is 2.06. The minimum Gasteiger partial charge on any atom is -0.491 e. The normalized spacial score (nSPS) is 11.1. The van der Waals surface area contributed by atoms with Crippen molar-refractivity contribution in [3.05, 3.63) is 34.4 Å². The van der Waals surface area contributed by atoms with E-state index in [1.54, 1.807) is 12.1 Å². The number of benzene rings is 1. The SMILES string of the molecule is O=[N+]([O-])c1ccc(OCCOCCOCCOCCOCCOCCOCCOCCF)cc1. The monoisotopic (exact) mass is 493 g/mol. The first-order valence-electron chi connectivity index (χ1n) is 11.2. The van der Waals surface area contributed by atoms with E-state index in [9.17, 15) is 14.5 Å². The van der Waals surface area contributed by atoms with Crippen LogP contribution in [0.2, 0.25) is 0 Å². The van der Waals surface area contributed by atoms with Gasteiger partial charge in [0.15, 0.2) is 0 Å². The van der Waals surface area contributed by atoms with Crippen LogP contribution in [0.5, 0.6) is 5.75 Å². The van der Waals surface area contributed by atoms with Gasteiger partial charge in [0.2, 0.25) is 0 Å². The van der Waals surface area contributed by atoms with Crippen molar-refractivity contribution in [2.24, 2.45) is 0 Å². The molecule has 0 saturated carbocycles. The number of hydrogen-bond acceptors (Lipinski definition) is 10. The van der Waals surface area contributed by atoms with E-state index in [1.165, 1.54) is 12.1 Å². The average Bonchev–Trinajstić information content (AvgIpc) is 2.84. The molecule has 11 nitrogen and oxygen atoms in total. The van der Waals surface area contributed by atoms with Gasteiger partial charge in [0.25, 0.3) is 5.69 Å². The van der Waals surface area contributed by atoms with E-state index in [0.29, 0.717) is 98.2 Å². The van der Waals surface area contributed by atoms with Gasteiger partial charge in [-0.15, -0.1) is 0 Å². The van der Waals surface area contributed by atoms with Crippen LogP contribution < -0.4 is 4.74 Å². The maximum atomic E-state index is 11.8. The van der Waals surface area contributed by atoms with Crippen molar-refractivity contribution in [3.8, 4) is 5.75 Å². The summed E-state index contributed by atoms with van der Waals surface area (Å²) in [5.41, 5.74) is 0.0243. The fourth-order valence-electron chi connectivity index (χ4n) is 2.36. The van der Waals surface area contributed by atoms with E-state index in [4.69, 9.17) is 37.9 Å². The van der Waals surface area contributed by atoms with Crippen LogP contribution in [0.4, 0.5) is 10.1 Å². The van der Waals surface area contributed by atoms with E-state index in [1.807, 2.05) is 0 Å². The Morgan fingerprint density at radius 2 is 0.882 bits per heavy atom. The Balaban J connectivity index is 1.71. The van der Waals surface area contributed by atoms with Gasteiger partial charge >= 0.3 is 0 Å². The molecule has 0 radical (unpaired) electrons. The highest BCUT2D eigenvalue weighted by atomic mass is 19.1. The molecule has 34 heavy (non-hydrogen) atoms. The average molecular weight is 494 g/mol. The molecule has 0 amide bonds. The number of halogens is 1. The Bertz CT molecular complexity index is 594. The van der Waals surface area contributed by atoms with Crippen molar-refractivity contribution in [1.29, 1.82) is 0 Å². The molecular weight excluding hydrogens is 457 g/mol. The molecule has 0 atom stereocenters. The van der Waals surface area contributed by atoms with E-state index in [-0.39, 0.29) is 12.3 Å². The summed E-state index contributed by atoms with van der Waals surface area (Å²) < 4.78 is 54.3. The standard InChI is InChI=1S/C22H36FNO10/c23-5-6-27-7-8-28-9-10-29-11-12-30-13-14-31-15-16-32-17-18-33-19-20-34-22-3-1-21(2-4-22)24(25)26/h1-4H,5-20H2. The minimum absolute atomic E-state index is 0.0243. The molecule has 0 heterocycles. The van der Waals surface area contributed by atoms with Crippen LogP contribution in [-0.2, 0) is 33.2 Å². The molecule has 0 unspecified atom stereocenters. The van der Waals surface area contributed by atoms with Crippen LogP contribution in [0, 0.1) is 10.1 Å². The van der Waals surface area contributed by atoms with Crippen LogP contribution >= 0.6 is 0 Å². The number of non-ortho nitro benzene ring substituents is 1. The van der Waals surface area contributed by atoms with Crippen molar-refractivity contribution in [2.75, 3.05) is 106 Å². The van der Waals surface area contributed by atoms with Gasteiger partial charge in [-0.3, -0.25) is 10.1 Å². The van der Waals surface area contributed by atoms with Crippen molar-refractivity contribution < 1.29 is 47.2 Å². The van der Waals surface area contributed by atoms with E-state index in [2.05, 4.69) is 0 Å². The number of nitro groups is 1. The molecule has 1 aromatic rings. The molecule has 0 fully saturated rings. The summed E-state index contributed by atoms with van der Waals surface area (Å²) in [5, 5.41) is 10.6. The molecule has 1 rings (SSSR count). The predicted molar refractivity (Wildman–Crippen MR) is 120 cm³/mol. The number of rotatable bonds is 25. The summed E-state index contributed by atoms with van der Waals surface area (Å²) in [5.74, 6) is 0.554. The number of nitrogens with zero attached hydrogens (tertiary/aromatic N) is 1. The van der Waals surface area contributed by atoms with Crippen molar-refractivity contribution in [1.82, 2.24) is 0 Å². The Morgan fingerprint density at radius 1 is 0.559 bits per heavy atom. The van der Waals surface area contributed by atoms with Gasteiger partial charge in [-0.25, -0.2) is 4.39 Å². The van der Waals surface area contributed by atoms with Gasteiger partial charge in [-0.2, -0.15) is 0 Å². The molecule has 0 spiro atoms. The highest BCUT2D eigenvalue weighted by Crippen LogP contribution is 2.16. The molecule has 0 aliphatic carbocycles. The Kier molecular flexibility index (Phi) is 20.2. The van der Waals surface area contributed by atoms with Crippen molar-refractivity contribution >= 4 is 5.69 Å². The summed E-state index contributed by atoms with van der Waals surface area (Å²) in [6, 6.07) is 5.89. The van der Waals surface area contributed by atoms with Gasteiger partial charge < -0.3 is 37.9 Å². The number of ether oxygens (including phenoxy) is 8. The van der Waals surface area contributed by atoms with Crippen LogP contribution in [0.3, 0.4) is 0 Å².